The number of nitrogens with one attached hydrogen (secondary N) is 1. The molecule has 172 valence electrons. The number of hydrogen-bond acceptors (Lipinski definition) is 4. The summed E-state index contributed by atoms with van der Waals surface area (Å²) in [7, 11) is 0.399. The summed E-state index contributed by atoms with van der Waals surface area (Å²) >= 11 is 0. The number of likely N-dealkylation sites (N-methyl/N-ethyl adjacent to an activating group) is 1. The Morgan fingerprint density at radius 3 is 1.55 bits per heavy atom. The van der Waals surface area contributed by atoms with Crippen molar-refractivity contribution in [3.63, 3.8) is 0 Å². The quantitative estimate of drug-likeness (QED) is 0.659. The standard InChI is InChI=1S/C23H32N2O.CH4O3S/c1-15-10-8-11-16(2)20(15)22(21-17(3)12-9-13-18(21)4)23(26)24-14-19(5)25(6)7;1-5(2,3)4/h8-13,19,22H,14H2,1-7H3,(H,24,26);1H3,(H,2,3,4). The van der Waals surface area contributed by atoms with Gasteiger partial charge >= 0.3 is 0 Å². The molecule has 1 amide bonds. The lowest BCUT2D eigenvalue weighted by Crippen LogP contribution is -2.40. The molecule has 2 aromatic rings. The Hall–Kier alpha value is -2.22. The SMILES string of the molecule is CS(=O)(=O)O.Cc1cccc(C)c1C(C(=O)NCC(C)N(C)C)c1c(C)cccc1C. The van der Waals surface area contributed by atoms with Gasteiger partial charge in [-0.3, -0.25) is 9.35 Å². The molecule has 0 saturated heterocycles. The van der Waals surface area contributed by atoms with Gasteiger partial charge in [0.25, 0.3) is 10.1 Å². The van der Waals surface area contributed by atoms with Gasteiger partial charge in [-0.1, -0.05) is 36.4 Å². The van der Waals surface area contributed by atoms with Crippen LogP contribution in [0.4, 0.5) is 0 Å². The van der Waals surface area contributed by atoms with Gasteiger partial charge in [0.15, 0.2) is 0 Å². The van der Waals surface area contributed by atoms with E-state index >= 15 is 0 Å². The molecule has 0 aliphatic rings. The lowest BCUT2D eigenvalue weighted by molar-refractivity contribution is -0.121. The fourth-order valence-corrected chi connectivity index (χ4v) is 3.50. The molecule has 1 atom stereocenters. The third kappa shape index (κ3) is 8.44. The highest BCUT2D eigenvalue weighted by Crippen LogP contribution is 2.34. The molecule has 0 spiro atoms. The van der Waals surface area contributed by atoms with Crippen LogP contribution in [0.5, 0.6) is 0 Å². The topological polar surface area (TPSA) is 86.7 Å². The first-order valence-electron chi connectivity index (χ1n) is 10.2. The van der Waals surface area contributed by atoms with E-state index in [2.05, 4.69) is 81.2 Å². The van der Waals surface area contributed by atoms with Crippen LogP contribution in [-0.2, 0) is 14.9 Å². The fraction of sp³-hybridized carbons (Fsp3) is 0.458. The first-order chi connectivity index (χ1) is 14.2. The number of carbonyl (C=O) groups excluding carboxylic acids is 1. The van der Waals surface area contributed by atoms with Crippen LogP contribution >= 0.6 is 0 Å². The number of aryl methyl sites for hydroxylation is 4. The second-order valence-corrected chi connectivity index (χ2v) is 9.80. The van der Waals surface area contributed by atoms with Crippen LogP contribution in [0.3, 0.4) is 0 Å². The minimum absolute atomic E-state index is 0.0773. The predicted octanol–water partition coefficient (Wildman–Crippen LogP) is 3.62. The van der Waals surface area contributed by atoms with Gasteiger partial charge < -0.3 is 10.2 Å². The molecule has 0 aromatic heterocycles. The summed E-state index contributed by atoms with van der Waals surface area (Å²) in [5.41, 5.74) is 6.89. The van der Waals surface area contributed by atoms with E-state index in [0.29, 0.717) is 12.8 Å². The first kappa shape index (κ1) is 26.8. The highest BCUT2D eigenvalue weighted by Gasteiger charge is 2.28. The molecule has 7 heteroatoms. The van der Waals surface area contributed by atoms with E-state index < -0.39 is 10.1 Å². The molecule has 0 bridgehead atoms. The smallest absolute Gasteiger partial charge is 0.261 e. The van der Waals surface area contributed by atoms with Crippen molar-refractivity contribution in [2.45, 2.75) is 46.6 Å². The van der Waals surface area contributed by atoms with Crippen LogP contribution < -0.4 is 5.32 Å². The Kier molecular flexibility index (Phi) is 9.87. The average molecular weight is 449 g/mol. The number of carbonyl (C=O) groups is 1. The van der Waals surface area contributed by atoms with E-state index in [9.17, 15) is 13.2 Å². The number of amides is 1. The van der Waals surface area contributed by atoms with Crippen LogP contribution in [0.1, 0.15) is 46.2 Å². The van der Waals surface area contributed by atoms with Gasteiger partial charge in [0, 0.05) is 12.6 Å². The Bertz CT molecular complexity index is 901. The molecule has 0 heterocycles. The summed E-state index contributed by atoms with van der Waals surface area (Å²) < 4.78 is 25.9. The van der Waals surface area contributed by atoms with Crippen molar-refractivity contribution in [1.29, 1.82) is 0 Å². The van der Waals surface area contributed by atoms with Crippen molar-refractivity contribution in [2.24, 2.45) is 0 Å². The van der Waals surface area contributed by atoms with Crippen molar-refractivity contribution in [1.82, 2.24) is 10.2 Å². The molecular weight excluding hydrogens is 412 g/mol. The molecule has 0 radical (unpaired) electrons. The van der Waals surface area contributed by atoms with Crippen LogP contribution in [0.15, 0.2) is 36.4 Å². The van der Waals surface area contributed by atoms with E-state index in [-0.39, 0.29) is 17.9 Å². The summed E-state index contributed by atoms with van der Waals surface area (Å²) in [6.07, 6.45) is 0.715. The molecule has 31 heavy (non-hydrogen) atoms. The van der Waals surface area contributed by atoms with E-state index in [1.54, 1.807) is 0 Å². The monoisotopic (exact) mass is 448 g/mol. The molecule has 0 aliphatic carbocycles. The van der Waals surface area contributed by atoms with Gasteiger partial charge in [-0.05, 0) is 82.1 Å². The van der Waals surface area contributed by atoms with Crippen molar-refractivity contribution >= 4 is 16.0 Å². The average Bonchev–Trinajstić information content (AvgIpc) is 2.62. The molecule has 1 unspecified atom stereocenters. The van der Waals surface area contributed by atoms with Gasteiger partial charge in [-0.2, -0.15) is 8.42 Å². The van der Waals surface area contributed by atoms with Crippen LogP contribution in [-0.4, -0.2) is 56.7 Å². The van der Waals surface area contributed by atoms with Gasteiger partial charge in [-0.25, -0.2) is 0 Å². The predicted molar refractivity (Wildman–Crippen MR) is 127 cm³/mol. The zero-order chi connectivity index (χ0) is 23.9. The lowest BCUT2D eigenvalue weighted by Gasteiger charge is -2.26. The molecule has 0 aliphatic heterocycles. The third-order valence-corrected chi connectivity index (χ3v) is 5.38. The van der Waals surface area contributed by atoms with Crippen LogP contribution in [0.2, 0.25) is 0 Å². The van der Waals surface area contributed by atoms with Crippen LogP contribution in [0.25, 0.3) is 0 Å². The Labute approximate surface area is 187 Å². The zero-order valence-corrected chi connectivity index (χ0v) is 20.7. The highest BCUT2D eigenvalue weighted by molar-refractivity contribution is 7.85. The third-order valence-electron chi connectivity index (χ3n) is 5.38. The van der Waals surface area contributed by atoms with E-state index in [0.717, 1.165) is 33.4 Å². The Balaban J connectivity index is 0.000000861. The molecule has 2 aromatic carbocycles. The molecule has 2 rings (SSSR count). The largest absolute Gasteiger partial charge is 0.354 e. The minimum Gasteiger partial charge on any atom is -0.354 e. The lowest BCUT2D eigenvalue weighted by atomic mass is 9.81. The van der Waals surface area contributed by atoms with E-state index in [1.165, 1.54) is 0 Å². The van der Waals surface area contributed by atoms with Crippen molar-refractivity contribution in [3.05, 3.63) is 69.8 Å². The van der Waals surface area contributed by atoms with Gasteiger partial charge in [-0.15, -0.1) is 0 Å². The Morgan fingerprint density at radius 2 is 1.26 bits per heavy atom. The van der Waals surface area contributed by atoms with Crippen molar-refractivity contribution in [2.75, 3.05) is 26.9 Å². The number of rotatable bonds is 6. The van der Waals surface area contributed by atoms with E-state index in [4.69, 9.17) is 4.55 Å². The van der Waals surface area contributed by atoms with Crippen molar-refractivity contribution in [3.8, 4) is 0 Å². The van der Waals surface area contributed by atoms with Gasteiger partial charge in [0.2, 0.25) is 5.91 Å². The second-order valence-electron chi connectivity index (χ2n) is 8.33. The maximum absolute atomic E-state index is 13.4. The molecular formula is C24H36N2O4S. The van der Waals surface area contributed by atoms with Gasteiger partial charge in [0.05, 0.1) is 12.2 Å². The second kappa shape index (κ2) is 11.4. The van der Waals surface area contributed by atoms with Crippen LogP contribution in [0, 0.1) is 27.7 Å². The summed E-state index contributed by atoms with van der Waals surface area (Å²) in [6, 6.07) is 12.8. The van der Waals surface area contributed by atoms with Crippen molar-refractivity contribution < 1.29 is 17.8 Å². The maximum atomic E-state index is 13.4. The molecule has 0 saturated carbocycles. The summed E-state index contributed by atoms with van der Waals surface area (Å²) in [5.74, 6) is -0.208. The number of hydrogen-bond donors (Lipinski definition) is 2. The minimum atomic E-state index is -3.67. The van der Waals surface area contributed by atoms with Gasteiger partial charge in [0.1, 0.15) is 0 Å². The molecule has 0 fully saturated rings. The molecule has 6 nitrogen and oxygen atoms in total. The normalized spacial score (nSPS) is 12.4. The van der Waals surface area contributed by atoms with E-state index in [1.807, 2.05) is 14.1 Å². The maximum Gasteiger partial charge on any atom is 0.261 e. The number of benzene rings is 2. The Morgan fingerprint density at radius 1 is 0.935 bits per heavy atom. The zero-order valence-electron chi connectivity index (χ0n) is 19.9. The number of nitrogens with zero attached hydrogens (tertiary/aromatic N) is 1. The molecule has 2 N–H and O–H groups in total. The highest BCUT2D eigenvalue weighted by atomic mass is 32.2. The summed E-state index contributed by atoms with van der Waals surface area (Å²) in [5, 5.41) is 3.19. The fourth-order valence-electron chi connectivity index (χ4n) is 3.50. The summed E-state index contributed by atoms with van der Waals surface area (Å²) in [4.78, 5) is 15.5. The first-order valence-corrected chi connectivity index (χ1v) is 12.1. The summed E-state index contributed by atoms with van der Waals surface area (Å²) in [6.45, 7) is 11.1.